The lowest BCUT2D eigenvalue weighted by Crippen LogP contribution is -2.37. The summed E-state index contributed by atoms with van der Waals surface area (Å²) in [5.74, 6) is 0. The first-order valence-electron chi connectivity index (χ1n) is 6.16. The van der Waals surface area contributed by atoms with Gasteiger partial charge in [-0.3, -0.25) is 9.36 Å². The van der Waals surface area contributed by atoms with E-state index in [2.05, 4.69) is 0 Å². The molecule has 0 atom stereocenters. The van der Waals surface area contributed by atoms with Gasteiger partial charge in [-0.1, -0.05) is 18.2 Å². The van der Waals surface area contributed by atoms with Crippen molar-refractivity contribution in [1.29, 1.82) is 0 Å². The highest BCUT2D eigenvalue weighted by Gasteiger charge is 2.11. The predicted octanol–water partition coefficient (Wildman–Crippen LogP) is 1.27. The number of nitrogens with two attached hydrogens (primary N) is 1. The SMILES string of the molecule is Cn1c(=O)n(-c2cccc(N)c2)c(=O)c2ccccc21. The van der Waals surface area contributed by atoms with E-state index < -0.39 is 0 Å². The summed E-state index contributed by atoms with van der Waals surface area (Å²) in [4.78, 5) is 24.9. The minimum Gasteiger partial charge on any atom is -0.399 e. The summed E-state index contributed by atoms with van der Waals surface area (Å²) < 4.78 is 2.60. The molecule has 0 amide bonds. The fourth-order valence-electron chi connectivity index (χ4n) is 2.30. The second kappa shape index (κ2) is 4.38. The van der Waals surface area contributed by atoms with Gasteiger partial charge in [0.05, 0.1) is 16.6 Å². The van der Waals surface area contributed by atoms with E-state index in [9.17, 15) is 9.59 Å². The third kappa shape index (κ3) is 1.72. The summed E-state index contributed by atoms with van der Waals surface area (Å²) in [5, 5.41) is 0.497. The number of hydrogen-bond donors (Lipinski definition) is 1. The Bertz CT molecular complexity index is 922. The third-order valence-corrected chi connectivity index (χ3v) is 3.31. The van der Waals surface area contributed by atoms with Crippen molar-refractivity contribution >= 4 is 16.6 Å². The van der Waals surface area contributed by atoms with Gasteiger partial charge >= 0.3 is 5.69 Å². The fraction of sp³-hybridized carbons (Fsp3) is 0.0667. The molecular formula is C15H13N3O2. The van der Waals surface area contributed by atoms with Crippen LogP contribution in [0.15, 0.2) is 58.1 Å². The molecule has 0 radical (unpaired) electrons. The molecule has 5 nitrogen and oxygen atoms in total. The second-order valence-electron chi connectivity index (χ2n) is 4.59. The van der Waals surface area contributed by atoms with Crippen LogP contribution < -0.4 is 17.0 Å². The van der Waals surface area contributed by atoms with Crippen molar-refractivity contribution in [2.24, 2.45) is 7.05 Å². The number of fused-ring (bicyclic) bond motifs is 1. The van der Waals surface area contributed by atoms with Crippen molar-refractivity contribution in [1.82, 2.24) is 9.13 Å². The van der Waals surface area contributed by atoms with Crippen molar-refractivity contribution in [2.45, 2.75) is 0 Å². The summed E-state index contributed by atoms with van der Waals surface area (Å²) in [6.45, 7) is 0. The first-order valence-corrected chi connectivity index (χ1v) is 6.16. The van der Waals surface area contributed by atoms with Crippen LogP contribution in [0.4, 0.5) is 5.69 Å². The molecule has 2 aromatic carbocycles. The zero-order valence-corrected chi connectivity index (χ0v) is 10.9. The van der Waals surface area contributed by atoms with E-state index in [1.807, 2.05) is 0 Å². The van der Waals surface area contributed by atoms with Crippen molar-refractivity contribution in [3.8, 4) is 5.69 Å². The van der Waals surface area contributed by atoms with Gasteiger partial charge in [-0.15, -0.1) is 0 Å². The molecule has 20 heavy (non-hydrogen) atoms. The maximum Gasteiger partial charge on any atom is 0.335 e. The lowest BCUT2D eigenvalue weighted by atomic mass is 10.2. The molecule has 0 aliphatic rings. The van der Waals surface area contributed by atoms with E-state index in [0.29, 0.717) is 22.3 Å². The Hall–Kier alpha value is -2.82. The topological polar surface area (TPSA) is 70.0 Å². The summed E-state index contributed by atoms with van der Waals surface area (Å²) in [6.07, 6.45) is 0. The Kier molecular flexibility index (Phi) is 2.68. The number of para-hydroxylation sites is 1. The second-order valence-corrected chi connectivity index (χ2v) is 4.59. The molecule has 3 rings (SSSR count). The van der Waals surface area contributed by atoms with Crippen molar-refractivity contribution < 1.29 is 0 Å². The third-order valence-electron chi connectivity index (χ3n) is 3.31. The Morgan fingerprint density at radius 1 is 1.00 bits per heavy atom. The molecule has 100 valence electrons. The van der Waals surface area contributed by atoms with Crippen molar-refractivity contribution in [3.63, 3.8) is 0 Å². The highest BCUT2D eigenvalue weighted by atomic mass is 16.2. The maximum absolute atomic E-state index is 12.5. The molecule has 0 bridgehead atoms. The van der Waals surface area contributed by atoms with Gasteiger partial charge in [0, 0.05) is 12.7 Å². The standard InChI is InChI=1S/C15H13N3O2/c1-17-13-8-3-2-7-12(13)14(19)18(15(17)20)11-6-4-5-10(16)9-11/h2-9H,16H2,1H3. The monoisotopic (exact) mass is 267 g/mol. The quantitative estimate of drug-likeness (QED) is 0.675. The molecule has 1 aromatic heterocycles. The molecule has 1 heterocycles. The Labute approximate surface area is 114 Å². The van der Waals surface area contributed by atoms with Crippen LogP contribution in [0.3, 0.4) is 0 Å². The first kappa shape index (κ1) is 12.2. The Morgan fingerprint density at radius 2 is 1.75 bits per heavy atom. The minimum atomic E-state index is -0.390. The number of nitrogens with zero attached hydrogens (tertiary/aromatic N) is 2. The molecule has 3 aromatic rings. The van der Waals surface area contributed by atoms with Crippen LogP contribution in [0.5, 0.6) is 0 Å². The molecule has 0 spiro atoms. The predicted molar refractivity (Wildman–Crippen MR) is 79.2 cm³/mol. The molecule has 0 aliphatic carbocycles. The minimum absolute atomic E-state index is 0.339. The van der Waals surface area contributed by atoms with E-state index in [-0.39, 0.29) is 11.2 Å². The number of hydrogen-bond acceptors (Lipinski definition) is 3. The zero-order valence-electron chi connectivity index (χ0n) is 10.9. The van der Waals surface area contributed by atoms with Crippen LogP contribution in [0, 0.1) is 0 Å². The molecule has 5 heteroatoms. The highest BCUT2D eigenvalue weighted by molar-refractivity contribution is 5.78. The molecule has 0 saturated carbocycles. The van der Waals surface area contributed by atoms with Crippen LogP contribution in [-0.2, 0) is 7.05 Å². The lowest BCUT2D eigenvalue weighted by molar-refractivity contribution is 0.774. The molecule has 0 aliphatic heterocycles. The number of anilines is 1. The zero-order chi connectivity index (χ0) is 14.3. The summed E-state index contributed by atoms with van der Waals surface area (Å²) in [5.41, 5.74) is 6.59. The van der Waals surface area contributed by atoms with Gasteiger partial charge in [-0.2, -0.15) is 0 Å². The largest absolute Gasteiger partial charge is 0.399 e. The van der Waals surface area contributed by atoms with Crippen molar-refractivity contribution in [2.75, 3.05) is 5.73 Å². The van der Waals surface area contributed by atoms with Gasteiger partial charge in [-0.05, 0) is 30.3 Å². The Morgan fingerprint density at radius 3 is 2.50 bits per heavy atom. The van der Waals surface area contributed by atoms with Gasteiger partial charge in [0.2, 0.25) is 0 Å². The van der Waals surface area contributed by atoms with Crippen LogP contribution >= 0.6 is 0 Å². The van der Waals surface area contributed by atoms with Gasteiger partial charge in [-0.25, -0.2) is 9.36 Å². The van der Waals surface area contributed by atoms with E-state index in [0.717, 1.165) is 4.57 Å². The van der Waals surface area contributed by atoms with Crippen LogP contribution in [0.1, 0.15) is 0 Å². The summed E-state index contributed by atoms with van der Waals surface area (Å²) in [7, 11) is 1.65. The lowest BCUT2D eigenvalue weighted by Gasteiger charge is -2.10. The smallest absolute Gasteiger partial charge is 0.335 e. The average Bonchev–Trinajstić information content (AvgIpc) is 2.45. The molecule has 2 N–H and O–H groups in total. The summed E-state index contributed by atoms with van der Waals surface area (Å²) in [6, 6.07) is 13.8. The van der Waals surface area contributed by atoms with E-state index in [1.165, 1.54) is 4.57 Å². The number of benzene rings is 2. The first-order chi connectivity index (χ1) is 9.59. The number of rotatable bonds is 1. The number of aromatic nitrogens is 2. The molecule has 0 saturated heterocycles. The average molecular weight is 267 g/mol. The van der Waals surface area contributed by atoms with E-state index in [1.54, 1.807) is 55.6 Å². The van der Waals surface area contributed by atoms with Crippen molar-refractivity contribution in [3.05, 3.63) is 69.4 Å². The highest BCUT2D eigenvalue weighted by Crippen LogP contribution is 2.11. The molecule has 0 unspecified atom stereocenters. The fourth-order valence-corrected chi connectivity index (χ4v) is 2.30. The number of nitrogen functional groups attached to an aromatic ring is 1. The molecule has 0 fully saturated rings. The van der Waals surface area contributed by atoms with Gasteiger partial charge in [0.25, 0.3) is 5.56 Å². The number of aryl methyl sites for hydroxylation is 1. The van der Waals surface area contributed by atoms with Gasteiger partial charge in [0.1, 0.15) is 0 Å². The maximum atomic E-state index is 12.5. The van der Waals surface area contributed by atoms with Gasteiger partial charge in [0.15, 0.2) is 0 Å². The van der Waals surface area contributed by atoms with E-state index in [4.69, 9.17) is 5.73 Å². The summed E-state index contributed by atoms with van der Waals surface area (Å²) >= 11 is 0. The molecular weight excluding hydrogens is 254 g/mol. The van der Waals surface area contributed by atoms with Crippen LogP contribution in [-0.4, -0.2) is 9.13 Å². The van der Waals surface area contributed by atoms with Gasteiger partial charge < -0.3 is 5.73 Å². The van der Waals surface area contributed by atoms with Crippen LogP contribution in [0.2, 0.25) is 0 Å². The van der Waals surface area contributed by atoms with E-state index >= 15 is 0 Å². The Balaban J connectivity index is 2.49. The normalized spacial score (nSPS) is 10.8. The van der Waals surface area contributed by atoms with Crippen LogP contribution in [0.25, 0.3) is 16.6 Å².